The van der Waals surface area contributed by atoms with Crippen molar-refractivity contribution in [2.75, 3.05) is 4.90 Å². The third-order valence-electron chi connectivity index (χ3n) is 7.45. The standard InChI is InChI=1S/C35H31NO8/c1-22-20-25(35(41)44-29-15-11-26(12-16-29)36-31(37)18-19-32(36)38)10-17-30(22)24-8-13-28(14-9-24)43-34(40)23(2)21-33(39)42-27-6-4-3-5-7-27/h8-20,27H,2-7,21H2,1H3. The Kier molecular flexibility index (Phi) is 9.14. The molecule has 224 valence electrons. The molecule has 0 atom stereocenters. The first-order chi connectivity index (χ1) is 21.2. The summed E-state index contributed by atoms with van der Waals surface area (Å²) in [6.45, 7) is 5.56. The lowest BCUT2D eigenvalue weighted by Gasteiger charge is -2.21. The minimum absolute atomic E-state index is 0.0262. The Morgan fingerprint density at radius 2 is 1.43 bits per heavy atom. The molecule has 44 heavy (non-hydrogen) atoms. The van der Waals surface area contributed by atoms with E-state index < -0.39 is 29.7 Å². The second-order valence-electron chi connectivity index (χ2n) is 10.7. The van der Waals surface area contributed by atoms with Crippen molar-refractivity contribution in [1.29, 1.82) is 0 Å². The van der Waals surface area contributed by atoms with Gasteiger partial charge in [0.1, 0.15) is 17.6 Å². The first-order valence-electron chi connectivity index (χ1n) is 14.4. The topological polar surface area (TPSA) is 116 Å². The fourth-order valence-electron chi connectivity index (χ4n) is 5.14. The second-order valence-corrected chi connectivity index (χ2v) is 10.7. The average molecular weight is 594 g/mol. The third kappa shape index (κ3) is 7.18. The first-order valence-corrected chi connectivity index (χ1v) is 14.4. The Hall–Kier alpha value is -5.31. The van der Waals surface area contributed by atoms with Crippen LogP contribution in [0.15, 0.2) is 91.0 Å². The molecule has 1 heterocycles. The van der Waals surface area contributed by atoms with Gasteiger partial charge in [-0.1, -0.05) is 31.2 Å². The number of aryl methyl sites for hydroxylation is 1. The monoisotopic (exact) mass is 593 g/mol. The summed E-state index contributed by atoms with van der Waals surface area (Å²) in [5.74, 6) is -2.02. The number of carbonyl (C=O) groups excluding carboxylic acids is 5. The van der Waals surface area contributed by atoms with Gasteiger partial charge in [0, 0.05) is 17.7 Å². The van der Waals surface area contributed by atoms with Gasteiger partial charge in [0.25, 0.3) is 11.8 Å². The van der Waals surface area contributed by atoms with Gasteiger partial charge in [-0.15, -0.1) is 0 Å². The molecule has 3 aromatic carbocycles. The molecule has 2 aliphatic rings. The van der Waals surface area contributed by atoms with E-state index >= 15 is 0 Å². The number of ether oxygens (including phenoxy) is 3. The lowest BCUT2D eigenvalue weighted by atomic mass is 9.98. The summed E-state index contributed by atoms with van der Waals surface area (Å²) in [5.41, 5.74) is 3.28. The van der Waals surface area contributed by atoms with Crippen molar-refractivity contribution in [1.82, 2.24) is 0 Å². The van der Waals surface area contributed by atoms with Crippen molar-refractivity contribution in [2.45, 2.75) is 51.6 Å². The van der Waals surface area contributed by atoms with Crippen LogP contribution in [0, 0.1) is 6.92 Å². The lowest BCUT2D eigenvalue weighted by molar-refractivity contribution is -0.150. The molecular weight excluding hydrogens is 562 g/mol. The maximum absolute atomic E-state index is 12.8. The van der Waals surface area contributed by atoms with Gasteiger partial charge in [-0.25, -0.2) is 14.5 Å². The predicted molar refractivity (Wildman–Crippen MR) is 162 cm³/mol. The van der Waals surface area contributed by atoms with Crippen LogP contribution in [-0.2, 0) is 23.9 Å². The number of rotatable bonds is 9. The van der Waals surface area contributed by atoms with Crippen LogP contribution in [0.5, 0.6) is 11.5 Å². The van der Waals surface area contributed by atoms with Crippen LogP contribution in [0.4, 0.5) is 5.69 Å². The minimum Gasteiger partial charge on any atom is -0.462 e. The second kappa shape index (κ2) is 13.3. The van der Waals surface area contributed by atoms with E-state index in [0.29, 0.717) is 17.0 Å². The molecule has 3 aromatic rings. The summed E-state index contributed by atoms with van der Waals surface area (Å²) in [5, 5.41) is 0. The maximum atomic E-state index is 12.8. The number of hydrogen-bond donors (Lipinski definition) is 0. The third-order valence-corrected chi connectivity index (χ3v) is 7.45. The molecule has 0 radical (unpaired) electrons. The van der Waals surface area contributed by atoms with Gasteiger partial charge in [0.05, 0.1) is 17.7 Å². The molecular formula is C35H31NO8. The number of esters is 3. The molecule has 9 nitrogen and oxygen atoms in total. The molecule has 9 heteroatoms. The van der Waals surface area contributed by atoms with Crippen LogP contribution < -0.4 is 14.4 Å². The van der Waals surface area contributed by atoms with Gasteiger partial charge in [-0.3, -0.25) is 14.4 Å². The number of imide groups is 1. The van der Waals surface area contributed by atoms with Crippen LogP contribution in [0.25, 0.3) is 11.1 Å². The van der Waals surface area contributed by atoms with Gasteiger partial charge in [-0.05, 0) is 97.8 Å². The van der Waals surface area contributed by atoms with E-state index in [4.69, 9.17) is 14.2 Å². The number of hydrogen-bond acceptors (Lipinski definition) is 8. The van der Waals surface area contributed by atoms with Crippen molar-refractivity contribution < 1.29 is 38.2 Å². The number of anilines is 1. The normalized spacial score (nSPS) is 14.8. The molecule has 1 fully saturated rings. The van der Waals surface area contributed by atoms with E-state index in [2.05, 4.69) is 6.58 Å². The van der Waals surface area contributed by atoms with Crippen molar-refractivity contribution in [3.63, 3.8) is 0 Å². The quantitative estimate of drug-likeness (QED) is 0.128. The highest BCUT2D eigenvalue weighted by Gasteiger charge is 2.25. The van der Waals surface area contributed by atoms with E-state index in [1.165, 1.54) is 36.4 Å². The Morgan fingerprint density at radius 3 is 2.07 bits per heavy atom. The Labute approximate surface area is 254 Å². The Bertz CT molecular complexity index is 1630. The number of nitrogens with zero attached hydrogens (tertiary/aromatic N) is 1. The molecule has 1 saturated carbocycles. The summed E-state index contributed by atoms with van der Waals surface area (Å²) in [6.07, 6.45) is 7.02. The van der Waals surface area contributed by atoms with Crippen LogP contribution in [0.1, 0.15) is 54.4 Å². The summed E-state index contributed by atoms with van der Waals surface area (Å²) in [7, 11) is 0. The van der Waals surface area contributed by atoms with Crippen LogP contribution in [0.3, 0.4) is 0 Å². The predicted octanol–water partition coefficient (Wildman–Crippen LogP) is 6.04. The molecule has 0 N–H and O–H groups in total. The zero-order valence-electron chi connectivity index (χ0n) is 24.2. The van der Waals surface area contributed by atoms with E-state index in [1.807, 2.05) is 6.92 Å². The fourth-order valence-corrected chi connectivity index (χ4v) is 5.14. The highest BCUT2D eigenvalue weighted by Crippen LogP contribution is 2.28. The van der Waals surface area contributed by atoms with E-state index in [1.54, 1.807) is 42.5 Å². The van der Waals surface area contributed by atoms with Crippen molar-refractivity contribution >= 4 is 35.4 Å². The molecule has 0 saturated heterocycles. The number of carbonyl (C=O) groups is 5. The van der Waals surface area contributed by atoms with Gasteiger partial charge in [0.2, 0.25) is 0 Å². The molecule has 0 spiro atoms. The van der Waals surface area contributed by atoms with Crippen LogP contribution >= 0.6 is 0 Å². The molecule has 0 bridgehead atoms. The zero-order valence-corrected chi connectivity index (χ0v) is 24.2. The van der Waals surface area contributed by atoms with Gasteiger partial charge in [0.15, 0.2) is 0 Å². The average Bonchev–Trinajstić information content (AvgIpc) is 3.35. The maximum Gasteiger partial charge on any atom is 0.343 e. The van der Waals surface area contributed by atoms with Crippen LogP contribution in [-0.4, -0.2) is 35.8 Å². The Balaban J connectivity index is 1.15. The van der Waals surface area contributed by atoms with Gasteiger partial charge in [-0.2, -0.15) is 0 Å². The smallest absolute Gasteiger partial charge is 0.343 e. The van der Waals surface area contributed by atoms with Crippen molar-refractivity contribution in [3.05, 3.63) is 102 Å². The molecule has 0 unspecified atom stereocenters. The van der Waals surface area contributed by atoms with E-state index in [9.17, 15) is 24.0 Å². The van der Waals surface area contributed by atoms with E-state index in [0.717, 1.165) is 53.7 Å². The largest absolute Gasteiger partial charge is 0.462 e. The summed E-state index contributed by atoms with van der Waals surface area (Å²) < 4.78 is 16.3. The highest BCUT2D eigenvalue weighted by atomic mass is 16.5. The summed E-state index contributed by atoms with van der Waals surface area (Å²) >= 11 is 0. The molecule has 1 aliphatic heterocycles. The van der Waals surface area contributed by atoms with Crippen molar-refractivity contribution in [3.8, 4) is 22.6 Å². The zero-order chi connectivity index (χ0) is 31.2. The SMILES string of the molecule is C=C(CC(=O)OC1CCCCC1)C(=O)Oc1ccc(-c2ccc(C(=O)Oc3ccc(N4C(=O)C=CC4=O)cc3)cc2C)cc1. The van der Waals surface area contributed by atoms with Crippen molar-refractivity contribution in [2.24, 2.45) is 0 Å². The van der Waals surface area contributed by atoms with Gasteiger partial charge >= 0.3 is 17.9 Å². The van der Waals surface area contributed by atoms with E-state index in [-0.39, 0.29) is 23.8 Å². The summed E-state index contributed by atoms with van der Waals surface area (Å²) in [4.78, 5) is 62.2. The number of amides is 2. The fraction of sp³-hybridized carbons (Fsp3) is 0.229. The Morgan fingerprint density at radius 1 is 0.818 bits per heavy atom. The summed E-state index contributed by atoms with van der Waals surface area (Å²) in [6, 6.07) is 18.1. The highest BCUT2D eigenvalue weighted by molar-refractivity contribution is 6.28. The lowest BCUT2D eigenvalue weighted by Crippen LogP contribution is -2.29. The molecule has 1 aliphatic carbocycles. The van der Waals surface area contributed by atoms with Crippen LogP contribution in [0.2, 0.25) is 0 Å². The molecule has 0 aromatic heterocycles. The first kappa shape index (κ1) is 30.2. The van der Waals surface area contributed by atoms with Gasteiger partial charge < -0.3 is 14.2 Å². The minimum atomic E-state index is -0.693. The molecule has 2 amide bonds. The molecule has 5 rings (SSSR count). The number of benzene rings is 3.